The van der Waals surface area contributed by atoms with E-state index in [1.807, 2.05) is 0 Å². The second-order valence-corrected chi connectivity index (χ2v) is 12.2. The van der Waals surface area contributed by atoms with E-state index in [9.17, 15) is 9.59 Å². The number of ketones is 1. The maximum atomic E-state index is 12.8. The molecule has 4 rings (SSSR count). The zero-order valence-corrected chi connectivity index (χ0v) is 20.7. The number of hydrogen-bond acceptors (Lipinski definition) is 4. The van der Waals surface area contributed by atoms with Gasteiger partial charge in [0, 0.05) is 25.2 Å². The topological polar surface area (TPSA) is 67.2 Å². The molecule has 0 amide bonds. The second kappa shape index (κ2) is 9.11. The molecule has 4 heteroatoms. The van der Waals surface area contributed by atoms with Gasteiger partial charge in [0.2, 0.25) is 0 Å². The van der Waals surface area contributed by atoms with Gasteiger partial charge in [-0.1, -0.05) is 20.8 Å². The van der Waals surface area contributed by atoms with Crippen molar-refractivity contribution in [3.05, 3.63) is 0 Å². The standard InChI is InChI=1S/C28H43NO3/c1-18(7-12-26(31)32-4)21-10-11-22-19-8-9-23-20(6-5-17-29)25(30)14-16-28(23,3)24(19)13-15-27(21,22)2/h18-24H,5-16H2,1-4H3/t18-,19+,20-,21-,22+,23?,24+,27-,28+/m1/s1. The third kappa shape index (κ3) is 3.82. The number of carbonyl (C=O) groups is 2. The lowest BCUT2D eigenvalue weighted by Crippen LogP contribution is -2.56. The van der Waals surface area contributed by atoms with Crippen molar-refractivity contribution < 1.29 is 14.3 Å². The summed E-state index contributed by atoms with van der Waals surface area (Å²) in [6.07, 6.45) is 12.2. The molecule has 0 bridgehead atoms. The molecule has 0 heterocycles. The van der Waals surface area contributed by atoms with E-state index in [1.165, 1.54) is 45.6 Å². The van der Waals surface area contributed by atoms with Crippen LogP contribution in [0.25, 0.3) is 0 Å². The quantitative estimate of drug-likeness (QED) is 0.451. The molecule has 4 saturated carbocycles. The van der Waals surface area contributed by atoms with E-state index in [0.29, 0.717) is 41.8 Å². The van der Waals surface area contributed by atoms with Crippen LogP contribution in [-0.4, -0.2) is 18.9 Å². The summed E-state index contributed by atoms with van der Waals surface area (Å²) in [6.45, 7) is 7.43. The van der Waals surface area contributed by atoms with E-state index in [-0.39, 0.29) is 17.3 Å². The van der Waals surface area contributed by atoms with Crippen LogP contribution in [0.1, 0.15) is 97.8 Å². The van der Waals surface area contributed by atoms with Crippen molar-refractivity contribution in [2.24, 2.45) is 52.3 Å². The highest BCUT2D eigenvalue weighted by molar-refractivity contribution is 5.82. The molecule has 4 fully saturated rings. The molecule has 0 radical (unpaired) electrons. The van der Waals surface area contributed by atoms with Gasteiger partial charge < -0.3 is 4.74 Å². The summed E-state index contributed by atoms with van der Waals surface area (Å²) in [7, 11) is 1.49. The minimum atomic E-state index is -0.0793. The Hall–Kier alpha value is -1.37. The first kappa shape index (κ1) is 23.8. The van der Waals surface area contributed by atoms with E-state index in [2.05, 4.69) is 26.8 Å². The molecule has 0 aromatic rings. The summed E-state index contributed by atoms with van der Waals surface area (Å²) >= 11 is 0. The fraction of sp³-hybridized carbons (Fsp3) is 0.893. The van der Waals surface area contributed by atoms with Crippen molar-refractivity contribution in [3.63, 3.8) is 0 Å². The van der Waals surface area contributed by atoms with Crippen LogP contribution in [0.4, 0.5) is 0 Å². The summed E-state index contributed by atoms with van der Waals surface area (Å²) in [5.41, 5.74) is 0.664. The smallest absolute Gasteiger partial charge is 0.305 e. The molecule has 178 valence electrons. The molecule has 32 heavy (non-hydrogen) atoms. The van der Waals surface area contributed by atoms with Crippen molar-refractivity contribution in [2.45, 2.75) is 97.8 Å². The average Bonchev–Trinajstić information content (AvgIpc) is 3.14. The van der Waals surface area contributed by atoms with E-state index in [4.69, 9.17) is 10.00 Å². The van der Waals surface area contributed by atoms with Crippen LogP contribution in [0.5, 0.6) is 0 Å². The van der Waals surface area contributed by atoms with Crippen molar-refractivity contribution in [1.29, 1.82) is 5.26 Å². The Labute approximate surface area is 194 Å². The highest BCUT2D eigenvalue weighted by Gasteiger charge is 2.61. The van der Waals surface area contributed by atoms with Gasteiger partial charge in [0.05, 0.1) is 13.2 Å². The fourth-order valence-corrected chi connectivity index (χ4v) is 9.53. The Kier molecular flexibility index (Phi) is 6.77. The third-order valence-electron chi connectivity index (χ3n) is 11.1. The average molecular weight is 442 g/mol. The van der Waals surface area contributed by atoms with Crippen LogP contribution < -0.4 is 0 Å². The van der Waals surface area contributed by atoms with Crippen LogP contribution in [0, 0.1) is 63.6 Å². The van der Waals surface area contributed by atoms with Gasteiger partial charge in [0.1, 0.15) is 5.78 Å². The summed E-state index contributed by atoms with van der Waals surface area (Å²) in [6, 6.07) is 2.29. The van der Waals surface area contributed by atoms with Gasteiger partial charge in [0.25, 0.3) is 0 Å². The number of Topliss-reactive ketones (excluding diaryl/α,β-unsaturated/α-hetero) is 1. The van der Waals surface area contributed by atoms with Crippen molar-refractivity contribution in [3.8, 4) is 6.07 Å². The first-order chi connectivity index (χ1) is 15.3. The zero-order valence-electron chi connectivity index (χ0n) is 20.7. The van der Waals surface area contributed by atoms with Gasteiger partial charge in [-0.2, -0.15) is 5.26 Å². The monoisotopic (exact) mass is 441 g/mol. The largest absolute Gasteiger partial charge is 0.469 e. The number of nitriles is 1. The third-order valence-corrected chi connectivity index (χ3v) is 11.1. The maximum Gasteiger partial charge on any atom is 0.305 e. The molecule has 4 nitrogen and oxygen atoms in total. The van der Waals surface area contributed by atoms with Crippen LogP contribution in [0.15, 0.2) is 0 Å². The minimum absolute atomic E-state index is 0.0793. The number of rotatable bonds is 6. The van der Waals surface area contributed by atoms with E-state index in [1.54, 1.807) is 0 Å². The van der Waals surface area contributed by atoms with E-state index >= 15 is 0 Å². The summed E-state index contributed by atoms with van der Waals surface area (Å²) in [5.74, 6) is 4.55. The number of fused-ring (bicyclic) bond motifs is 5. The van der Waals surface area contributed by atoms with Crippen LogP contribution in [-0.2, 0) is 14.3 Å². The highest BCUT2D eigenvalue weighted by atomic mass is 16.5. The maximum absolute atomic E-state index is 12.8. The Balaban J connectivity index is 1.50. The molecule has 0 spiro atoms. The normalized spacial score (nSPS) is 44.0. The van der Waals surface area contributed by atoms with Crippen molar-refractivity contribution in [2.75, 3.05) is 7.11 Å². The summed E-state index contributed by atoms with van der Waals surface area (Å²) in [5, 5.41) is 9.13. The zero-order chi connectivity index (χ0) is 23.1. The van der Waals surface area contributed by atoms with Crippen molar-refractivity contribution >= 4 is 11.8 Å². The van der Waals surface area contributed by atoms with Gasteiger partial charge in [-0.05, 0) is 104 Å². The first-order valence-electron chi connectivity index (χ1n) is 13.2. The molecule has 0 aromatic heterocycles. The van der Waals surface area contributed by atoms with E-state index < -0.39 is 0 Å². The van der Waals surface area contributed by atoms with Crippen molar-refractivity contribution in [1.82, 2.24) is 0 Å². The van der Waals surface area contributed by atoms with Gasteiger partial charge in [-0.3, -0.25) is 9.59 Å². The predicted octanol–water partition coefficient (Wildman–Crippen LogP) is 6.33. The molecule has 9 atom stereocenters. The van der Waals surface area contributed by atoms with Gasteiger partial charge in [-0.15, -0.1) is 0 Å². The van der Waals surface area contributed by atoms with Crippen LogP contribution in [0.3, 0.4) is 0 Å². The molecule has 4 aliphatic rings. The first-order valence-corrected chi connectivity index (χ1v) is 13.2. The number of methoxy groups -OCH3 is 1. The number of carbonyl (C=O) groups excluding carboxylic acids is 2. The summed E-state index contributed by atoms with van der Waals surface area (Å²) in [4.78, 5) is 24.5. The molecule has 0 saturated heterocycles. The Bertz CT molecular complexity index is 771. The van der Waals surface area contributed by atoms with Gasteiger partial charge in [-0.25, -0.2) is 0 Å². The van der Waals surface area contributed by atoms with Gasteiger partial charge >= 0.3 is 5.97 Å². The second-order valence-electron chi connectivity index (χ2n) is 12.2. The number of hydrogen-bond donors (Lipinski definition) is 0. The minimum Gasteiger partial charge on any atom is -0.469 e. The molecular weight excluding hydrogens is 398 g/mol. The molecule has 0 N–H and O–H groups in total. The SMILES string of the molecule is COC(=O)CC[C@@H](C)[C@H]1CC[C@H]2[C@@H]3CCC4[C@@H](CCC#N)C(=O)CC[C@]4(C)[C@H]3CC[C@]12C. The Morgan fingerprint density at radius 2 is 1.81 bits per heavy atom. The molecule has 4 aliphatic carbocycles. The lowest BCUT2D eigenvalue weighted by molar-refractivity contribution is -0.152. The Morgan fingerprint density at radius 3 is 2.53 bits per heavy atom. The number of esters is 1. The van der Waals surface area contributed by atoms with E-state index in [0.717, 1.165) is 43.4 Å². The molecule has 1 unspecified atom stereocenters. The molecule has 0 aliphatic heterocycles. The number of ether oxygens (including phenoxy) is 1. The highest BCUT2D eigenvalue weighted by Crippen LogP contribution is 2.68. The summed E-state index contributed by atoms with van der Waals surface area (Å²) < 4.78 is 4.89. The fourth-order valence-electron chi connectivity index (χ4n) is 9.53. The molecular formula is C28H43NO3. The predicted molar refractivity (Wildman–Crippen MR) is 124 cm³/mol. The number of nitrogens with zero attached hydrogens (tertiary/aromatic N) is 1. The molecule has 0 aromatic carbocycles. The lowest BCUT2D eigenvalue weighted by Gasteiger charge is -2.62. The van der Waals surface area contributed by atoms with Gasteiger partial charge in [0.15, 0.2) is 0 Å². The van der Waals surface area contributed by atoms with Crippen LogP contribution in [0.2, 0.25) is 0 Å². The Morgan fingerprint density at radius 1 is 1.09 bits per heavy atom. The lowest BCUT2D eigenvalue weighted by atomic mass is 9.43. The van der Waals surface area contributed by atoms with Crippen LogP contribution >= 0.6 is 0 Å².